The minimum Gasteiger partial charge on any atom is -0.483 e. The van der Waals surface area contributed by atoms with Gasteiger partial charge in [-0.1, -0.05) is 35.1 Å². The molecule has 3 aromatic rings. The molecular formula is C31H28ClN3O7S2. The molecule has 3 heterocycles. The minimum absolute atomic E-state index is 0.0587. The maximum absolute atomic E-state index is 13.6. The summed E-state index contributed by atoms with van der Waals surface area (Å²) in [6.45, 7) is 1.55. The lowest BCUT2D eigenvalue weighted by Gasteiger charge is -2.43. The highest BCUT2D eigenvalue weighted by atomic mass is 35.5. The third kappa shape index (κ3) is 4.83. The van der Waals surface area contributed by atoms with Gasteiger partial charge >= 0.3 is 10.8 Å². The average molecular weight is 654 g/mol. The number of nitrogens with one attached hydrogen (secondary N) is 2. The van der Waals surface area contributed by atoms with E-state index in [2.05, 4.69) is 10.3 Å². The lowest BCUT2D eigenvalue weighted by Crippen LogP contribution is -2.42. The number of carbonyl (C=O) groups is 4. The monoisotopic (exact) mass is 653 g/mol. The minimum atomic E-state index is -1.07. The quantitative estimate of drug-likeness (QED) is 0.304. The predicted octanol–water partition coefficient (Wildman–Crippen LogP) is 4.36. The van der Waals surface area contributed by atoms with Crippen molar-refractivity contribution < 1.29 is 29.0 Å². The number of amides is 3. The number of hydrogen-bond donors (Lipinski definition) is 3. The number of aliphatic carboxylic acids is 1. The van der Waals surface area contributed by atoms with Crippen molar-refractivity contribution >= 4 is 64.1 Å². The Labute approximate surface area is 265 Å². The molecule has 44 heavy (non-hydrogen) atoms. The van der Waals surface area contributed by atoms with Crippen molar-refractivity contribution in [2.45, 2.75) is 36.0 Å². The Hall–Kier alpha value is -3.61. The van der Waals surface area contributed by atoms with Gasteiger partial charge in [0.2, 0.25) is 11.8 Å². The van der Waals surface area contributed by atoms with E-state index in [-0.39, 0.29) is 71.1 Å². The normalized spacial score (nSPS) is 28.0. The smallest absolute Gasteiger partial charge is 0.305 e. The van der Waals surface area contributed by atoms with Crippen LogP contribution in [0.2, 0.25) is 5.02 Å². The molecule has 0 radical (unpaired) electrons. The Morgan fingerprint density at radius 1 is 1.11 bits per heavy atom. The SMILES string of the molecule is Cc1cccc(NC(=O)COc2ccc(Cl)cc2[C@H]2c3sc(=O)[nH]c3SC3C4CC(C5C(=O)N(CCC(=O)O)C(=O)C45)C32)c1. The number of likely N-dealkylation sites (tertiary alicyclic amines) is 1. The molecule has 2 aliphatic carbocycles. The first-order chi connectivity index (χ1) is 21.1. The first-order valence-corrected chi connectivity index (χ1v) is 16.4. The zero-order valence-electron chi connectivity index (χ0n) is 23.4. The Kier molecular flexibility index (Phi) is 7.33. The van der Waals surface area contributed by atoms with Gasteiger partial charge in [-0.3, -0.25) is 28.9 Å². The first-order valence-electron chi connectivity index (χ1n) is 14.4. The van der Waals surface area contributed by atoms with Crippen molar-refractivity contribution in [1.82, 2.24) is 9.88 Å². The number of anilines is 1. The van der Waals surface area contributed by atoms with E-state index in [9.17, 15) is 29.1 Å². The van der Waals surface area contributed by atoms with Crippen LogP contribution in [0.5, 0.6) is 5.75 Å². The summed E-state index contributed by atoms with van der Waals surface area (Å²) in [5.74, 6) is -3.30. The lowest BCUT2D eigenvalue weighted by atomic mass is 9.68. The zero-order chi connectivity index (χ0) is 30.9. The van der Waals surface area contributed by atoms with Gasteiger partial charge in [-0.2, -0.15) is 0 Å². The molecule has 3 fully saturated rings. The van der Waals surface area contributed by atoms with Crippen LogP contribution in [0.25, 0.3) is 0 Å². The fourth-order valence-electron chi connectivity index (χ4n) is 7.81. The fourth-order valence-corrected chi connectivity index (χ4v) is 10.9. The number of hydrogen-bond acceptors (Lipinski definition) is 8. The molecule has 2 saturated carbocycles. The van der Waals surface area contributed by atoms with Crippen LogP contribution < -0.4 is 14.9 Å². The molecule has 7 atom stereocenters. The number of rotatable bonds is 8. The van der Waals surface area contributed by atoms with Crippen LogP contribution in [0.15, 0.2) is 52.3 Å². The third-order valence-corrected chi connectivity index (χ3v) is 12.2. The summed E-state index contributed by atoms with van der Waals surface area (Å²) in [4.78, 5) is 68.5. The number of aromatic nitrogens is 1. The Bertz CT molecular complexity index is 1770. The molecule has 13 heteroatoms. The van der Waals surface area contributed by atoms with Crippen molar-refractivity contribution in [1.29, 1.82) is 0 Å². The summed E-state index contributed by atoms with van der Waals surface area (Å²) in [6, 6.07) is 12.7. The topological polar surface area (TPSA) is 146 Å². The number of aromatic amines is 1. The van der Waals surface area contributed by atoms with Gasteiger partial charge < -0.3 is 20.1 Å². The van der Waals surface area contributed by atoms with E-state index < -0.39 is 17.8 Å². The Morgan fingerprint density at radius 3 is 2.64 bits per heavy atom. The summed E-state index contributed by atoms with van der Waals surface area (Å²) in [6.07, 6.45) is 0.392. The molecular weight excluding hydrogens is 626 g/mol. The predicted molar refractivity (Wildman–Crippen MR) is 164 cm³/mol. The highest BCUT2D eigenvalue weighted by Gasteiger charge is 2.69. The molecule has 1 saturated heterocycles. The zero-order valence-corrected chi connectivity index (χ0v) is 25.8. The second kappa shape index (κ2) is 11.1. The standard InChI is InChI=1S/C31H28ClN3O7S2/c1-13-3-2-4-15(9-13)33-20(36)12-42-19-6-5-14(32)10-16(19)22-23-17-11-18(26(23)43-28-27(22)44-31(41)34-28)25-24(17)29(39)35(30(25)40)8-7-21(37)38/h2-6,9-10,17-18,22-26H,7-8,11-12H2,1H3,(H,33,36)(H,34,41)(H,37,38)/t17?,18?,22-,23?,24?,25?,26?/m1/s1. The molecule has 228 valence electrons. The van der Waals surface area contributed by atoms with Gasteiger partial charge in [0.1, 0.15) is 5.75 Å². The Morgan fingerprint density at radius 2 is 1.89 bits per heavy atom. The number of aryl methyl sites for hydroxylation is 1. The number of H-pyrrole nitrogens is 1. The summed E-state index contributed by atoms with van der Waals surface area (Å²) in [5, 5.41) is 13.2. The van der Waals surface area contributed by atoms with E-state index in [1.807, 2.05) is 25.1 Å². The van der Waals surface area contributed by atoms with Crippen LogP contribution in [-0.2, 0) is 19.2 Å². The van der Waals surface area contributed by atoms with E-state index in [1.165, 1.54) is 0 Å². The molecule has 2 aromatic carbocycles. The van der Waals surface area contributed by atoms with Crippen LogP contribution in [0.3, 0.4) is 0 Å². The van der Waals surface area contributed by atoms with Crippen molar-refractivity contribution in [3.63, 3.8) is 0 Å². The van der Waals surface area contributed by atoms with Gasteiger partial charge in [0.25, 0.3) is 5.91 Å². The molecule has 1 aromatic heterocycles. The van der Waals surface area contributed by atoms with E-state index in [0.717, 1.165) is 37.3 Å². The van der Waals surface area contributed by atoms with Crippen molar-refractivity contribution in [2.24, 2.45) is 29.6 Å². The number of ether oxygens (including phenoxy) is 1. The molecule has 7 rings (SSSR count). The summed E-state index contributed by atoms with van der Waals surface area (Å²) >= 11 is 9.19. The number of thiazole rings is 1. The van der Waals surface area contributed by atoms with Crippen LogP contribution in [0.4, 0.5) is 5.69 Å². The highest BCUT2D eigenvalue weighted by Crippen LogP contribution is 2.69. The van der Waals surface area contributed by atoms with Gasteiger partial charge in [-0.15, -0.1) is 11.8 Å². The van der Waals surface area contributed by atoms with Gasteiger partial charge in [-0.05, 0) is 67.0 Å². The Balaban J connectivity index is 1.22. The molecule has 0 spiro atoms. The lowest BCUT2D eigenvalue weighted by molar-refractivity contribution is -0.142. The second-order valence-electron chi connectivity index (χ2n) is 11.8. The highest BCUT2D eigenvalue weighted by molar-refractivity contribution is 8.00. The van der Waals surface area contributed by atoms with Gasteiger partial charge in [0, 0.05) is 38.9 Å². The van der Waals surface area contributed by atoms with E-state index in [0.29, 0.717) is 22.9 Å². The van der Waals surface area contributed by atoms with E-state index in [4.69, 9.17) is 16.3 Å². The molecule has 2 aliphatic heterocycles. The fraction of sp³-hybridized carbons (Fsp3) is 0.387. The number of carboxylic acids is 1. The first kappa shape index (κ1) is 29.1. The number of carbonyl (C=O) groups excluding carboxylic acids is 3. The largest absolute Gasteiger partial charge is 0.483 e. The van der Waals surface area contributed by atoms with Crippen molar-refractivity contribution in [3.05, 3.63) is 73.2 Å². The van der Waals surface area contributed by atoms with Crippen LogP contribution in [0, 0.1) is 36.5 Å². The molecule has 6 unspecified atom stereocenters. The number of benzene rings is 2. The second-order valence-corrected chi connectivity index (χ2v) is 14.5. The number of halogens is 1. The number of carboxylic acid groups (broad SMARTS) is 1. The molecule has 3 N–H and O–H groups in total. The van der Waals surface area contributed by atoms with Gasteiger partial charge in [-0.25, -0.2) is 0 Å². The summed E-state index contributed by atoms with van der Waals surface area (Å²) in [5.41, 5.74) is 2.39. The summed E-state index contributed by atoms with van der Waals surface area (Å²) < 4.78 is 6.11. The van der Waals surface area contributed by atoms with E-state index >= 15 is 0 Å². The maximum atomic E-state index is 13.6. The van der Waals surface area contributed by atoms with Crippen LogP contribution in [-0.4, -0.2) is 57.1 Å². The summed E-state index contributed by atoms with van der Waals surface area (Å²) in [7, 11) is 0. The van der Waals surface area contributed by atoms with Crippen LogP contribution in [0.1, 0.15) is 34.8 Å². The van der Waals surface area contributed by atoms with Crippen LogP contribution >= 0.6 is 34.7 Å². The van der Waals surface area contributed by atoms with Crippen molar-refractivity contribution in [2.75, 3.05) is 18.5 Å². The van der Waals surface area contributed by atoms with Gasteiger partial charge in [0.05, 0.1) is 23.3 Å². The number of nitrogens with zero attached hydrogens (tertiary/aromatic N) is 1. The average Bonchev–Trinajstić information content (AvgIpc) is 3.70. The van der Waals surface area contributed by atoms with Gasteiger partial charge in [0.15, 0.2) is 6.61 Å². The number of fused-ring (bicyclic) bond motifs is 9. The maximum Gasteiger partial charge on any atom is 0.305 e. The third-order valence-electron chi connectivity index (χ3n) is 9.33. The van der Waals surface area contributed by atoms with Crippen molar-refractivity contribution in [3.8, 4) is 5.75 Å². The molecule has 10 nitrogen and oxygen atoms in total. The molecule has 3 amide bonds. The molecule has 2 bridgehead atoms. The number of thioether (sulfide) groups is 1. The number of imide groups is 1. The molecule has 4 aliphatic rings. The van der Waals surface area contributed by atoms with E-state index in [1.54, 1.807) is 36.0 Å².